The minimum absolute atomic E-state index is 0.0925. The van der Waals surface area contributed by atoms with E-state index < -0.39 is 0 Å². The minimum Gasteiger partial charge on any atom is -0.339 e. The van der Waals surface area contributed by atoms with Crippen molar-refractivity contribution in [2.75, 3.05) is 26.2 Å². The second-order valence-corrected chi connectivity index (χ2v) is 12.1. The Bertz CT molecular complexity index is 694. The third kappa shape index (κ3) is 5.42. The molecule has 4 aliphatic rings. The van der Waals surface area contributed by atoms with E-state index >= 15 is 0 Å². The van der Waals surface area contributed by atoms with E-state index in [0.29, 0.717) is 17.7 Å². The van der Waals surface area contributed by atoms with E-state index in [0.717, 1.165) is 69.6 Å². The summed E-state index contributed by atoms with van der Waals surface area (Å²) in [7, 11) is 0. The quantitative estimate of drug-likeness (QED) is 0.497. The van der Waals surface area contributed by atoms with Crippen molar-refractivity contribution >= 4 is 11.8 Å². The summed E-state index contributed by atoms with van der Waals surface area (Å²) >= 11 is 0. The monoisotopic (exact) mass is 442 g/mol. The zero-order valence-electron chi connectivity index (χ0n) is 20.9. The van der Waals surface area contributed by atoms with E-state index in [4.69, 9.17) is 0 Å². The number of allylic oxidation sites excluding steroid dienone is 1. The molecule has 0 aromatic heterocycles. The molecule has 2 unspecified atom stereocenters. The summed E-state index contributed by atoms with van der Waals surface area (Å²) in [5.41, 5.74) is 1.34. The van der Waals surface area contributed by atoms with Crippen molar-refractivity contribution < 1.29 is 9.59 Å². The van der Waals surface area contributed by atoms with Crippen LogP contribution in [0.3, 0.4) is 0 Å². The standard InChI is InChI=1S/C28H46N2O2/c1-20(2)21(3)18-22-6-5-7-25(19-22)23-8-10-24(11-9-23)26(31)29-14-16-30(17-15-29)27(32)28(4)12-13-28/h20,22-25H,3,5-19H2,1-2,4H3. The fourth-order valence-electron chi connectivity index (χ4n) is 6.56. The van der Waals surface area contributed by atoms with Crippen LogP contribution in [0.1, 0.15) is 91.4 Å². The number of hydrogen-bond donors (Lipinski definition) is 0. The first-order valence-corrected chi connectivity index (χ1v) is 13.5. The lowest BCUT2D eigenvalue weighted by atomic mass is 9.67. The van der Waals surface area contributed by atoms with Gasteiger partial charge in [0, 0.05) is 37.5 Å². The summed E-state index contributed by atoms with van der Waals surface area (Å²) in [5.74, 6) is 4.02. The summed E-state index contributed by atoms with van der Waals surface area (Å²) in [4.78, 5) is 29.8. The van der Waals surface area contributed by atoms with Crippen LogP contribution in [-0.4, -0.2) is 47.8 Å². The lowest BCUT2D eigenvalue weighted by molar-refractivity contribution is -0.145. The molecule has 0 radical (unpaired) electrons. The van der Waals surface area contributed by atoms with Crippen LogP contribution in [0.15, 0.2) is 12.2 Å². The second-order valence-electron chi connectivity index (χ2n) is 12.1. The maximum Gasteiger partial charge on any atom is 0.228 e. The zero-order chi connectivity index (χ0) is 22.9. The molecule has 1 aliphatic heterocycles. The van der Waals surface area contributed by atoms with Crippen molar-refractivity contribution in [3.05, 3.63) is 12.2 Å². The molecule has 180 valence electrons. The second kappa shape index (κ2) is 9.89. The van der Waals surface area contributed by atoms with Gasteiger partial charge >= 0.3 is 0 Å². The van der Waals surface area contributed by atoms with Crippen LogP contribution < -0.4 is 0 Å². The molecule has 0 N–H and O–H groups in total. The highest BCUT2D eigenvalue weighted by Crippen LogP contribution is 2.47. The average Bonchev–Trinajstić information content (AvgIpc) is 3.57. The van der Waals surface area contributed by atoms with Crippen molar-refractivity contribution in [3.63, 3.8) is 0 Å². The molecule has 1 saturated heterocycles. The number of amides is 2. The van der Waals surface area contributed by atoms with Crippen LogP contribution in [0.2, 0.25) is 0 Å². The lowest BCUT2D eigenvalue weighted by Gasteiger charge is -2.41. The van der Waals surface area contributed by atoms with Crippen molar-refractivity contribution in [1.29, 1.82) is 0 Å². The minimum atomic E-state index is -0.0925. The van der Waals surface area contributed by atoms with Crippen LogP contribution in [0.4, 0.5) is 0 Å². The highest BCUT2D eigenvalue weighted by molar-refractivity contribution is 5.85. The van der Waals surface area contributed by atoms with Gasteiger partial charge in [-0.25, -0.2) is 0 Å². The largest absolute Gasteiger partial charge is 0.339 e. The van der Waals surface area contributed by atoms with Crippen molar-refractivity contribution in [2.24, 2.45) is 35.0 Å². The molecular weight excluding hydrogens is 396 g/mol. The molecule has 3 aliphatic carbocycles. The van der Waals surface area contributed by atoms with Crippen LogP contribution in [0.25, 0.3) is 0 Å². The number of nitrogens with zero attached hydrogens (tertiary/aromatic N) is 2. The van der Waals surface area contributed by atoms with Gasteiger partial charge in [0.25, 0.3) is 0 Å². The van der Waals surface area contributed by atoms with Gasteiger partial charge < -0.3 is 9.80 Å². The van der Waals surface area contributed by atoms with Crippen LogP contribution >= 0.6 is 0 Å². The molecule has 2 atom stereocenters. The normalized spacial score (nSPS) is 32.6. The molecule has 4 fully saturated rings. The Kier molecular flexibility index (Phi) is 7.36. The summed E-state index contributed by atoms with van der Waals surface area (Å²) < 4.78 is 0. The van der Waals surface area contributed by atoms with Crippen molar-refractivity contribution in [2.45, 2.75) is 91.4 Å². The zero-order valence-corrected chi connectivity index (χ0v) is 20.9. The third-order valence-corrected chi connectivity index (χ3v) is 9.37. The Morgan fingerprint density at radius 3 is 2.12 bits per heavy atom. The molecular formula is C28H46N2O2. The first kappa shape index (κ1) is 23.8. The Hall–Kier alpha value is -1.32. The van der Waals surface area contributed by atoms with E-state index in [1.807, 2.05) is 4.90 Å². The molecule has 32 heavy (non-hydrogen) atoms. The number of hydrogen-bond acceptors (Lipinski definition) is 2. The first-order chi connectivity index (χ1) is 15.3. The van der Waals surface area contributed by atoms with Crippen LogP contribution in [0, 0.1) is 35.0 Å². The van der Waals surface area contributed by atoms with E-state index in [1.165, 1.54) is 50.5 Å². The van der Waals surface area contributed by atoms with Gasteiger partial charge in [-0.05, 0) is 75.0 Å². The molecule has 0 bridgehead atoms. The van der Waals surface area contributed by atoms with Gasteiger partial charge in [0.15, 0.2) is 0 Å². The van der Waals surface area contributed by atoms with E-state index in [-0.39, 0.29) is 11.3 Å². The van der Waals surface area contributed by atoms with Crippen molar-refractivity contribution in [3.8, 4) is 0 Å². The molecule has 2 amide bonds. The van der Waals surface area contributed by atoms with Crippen LogP contribution in [0.5, 0.6) is 0 Å². The fraction of sp³-hybridized carbons (Fsp3) is 0.857. The summed E-state index contributed by atoms with van der Waals surface area (Å²) in [5, 5.41) is 0. The van der Waals surface area contributed by atoms with Gasteiger partial charge in [0.05, 0.1) is 0 Å². The molecule has 4 heteroatoms. The van der Waals surface area contributed by atoms with Gasteiger partial charge in [0.2, 0.25) is 11.8 Å². The number of carbonyl (C=O) groups is 2. The smallest absolute Gasteiger partial charge is 0.228 e. The molecule has 0 spiro atoms. The Morgan fingerprint density at radius 2 is 1.53 bits per heavy atom. The number of piperazine rings is 1. The fourth-order valence-corrected chi connectivity index (χ4v) is 6.56. The van der Waals surface area contributed by atoms with Gasteiger partial charge in [-0.3, -0.25) is 9.59 Å². The summed E-state index contributed by atoms with van der Waals surface area (Å²) in [6, 6.07) is 0. The van der Waals surface area contributed by atoms with Gasteiger partial charge in [-0.1, -0.05) is 52.2 Å². The van der Waals surface area contributed by atoms with E-state index in [1.54, 1.807) is 0 Å². The summed E-state index contributed by atoms with van der Waals surface area (Å²) in [6.45, 7) is 13.8. The highest BCUT2D eigenvalue weighted by atomic mass is 16.2. The average molecular weight is 443 g/mol. The van der Waals surface area contributed by atoms with Gasteiger partial charge in [-0.2, -0.15) is 0 Å². The topological polar surface area (TPSA) is 40.6 Å². The van der Waals surface area contributed by atoms with E-state index in [2.05, 4.69) is 32.3 Å². The number of carbonyl (C=O) groups excluding carboxylic acids is 2. The predicted octanol–water partition coefficient (Wildman–Crippen LogP) is 5.67. The predicted molar refractivity (Wildman–Crippen MR) is 130 cm³/mol. The molecule has 0 aromatic carbocycles. The maximum absolute atomic E-state index is 13.2. The number of rotatable bonds is 6. The third-order valence-electron chi connectivity index (χ3n) is 9.37. The summed E-state index contributed by atoms with van der Waals surface area (Å²) in [6.07, 6.45) is 13.4. The van der Waals surface area contributed by atoms with Crippen molar-refractivity contribution in [1.82, 2.24) is 9.80 Å². The molecule has 1 heterocycles. The SMILES string of the molecule is C=C(CC1CCCC(C2CCC(C(=O)N3CCN(C(=O)C4(C)CC4)CC3)CC2)C1)C(C)C. The lowest BCUT2D eigenvalue weighted by Crippen LogP contribution is -2.53. The Labute approximate surface area is 196 Å². The molecule has 4 nitrogen and oxygen atoms in total. The molecule has 3 saturated carbocycles. The van der Waals surface area contributed by atoms with Crippen LogP contribution in [-0.2, 0) is 9.59 Å². The molecule has 4 rings (SSSR count). The first-order valence-electron chi connectivity index (χ1n) is 13.5. The van der Waals surface area contributed by atoms with E-state index in [9.17, 15) is 9.59 Å². The Morgan fingerprint density at radius 1 is 0.906 bits per heavy atom. The highest BCUT2D eigenvalue weighted by Gasteiger charge is 2.47. The Balaban J connectivity index is 1.20. The van der Waals surface area contributed by atoms with Gasteiger partial charge in [0.1, 0.15) is 0 Å². The van der Waals surface area contributed by atoms with Gasteiger partial charge in [-0.15, -0.1) is 0 Å². The maximum atomic E-state index is 13.2. The molecule has 0 aromatic rings.